The maximum absolute atomic E-state index is 5.44. The van der Waals surface area contributed by atoms with Crippen LogP contribution in [0.25, 0.3) is 0 Å². The van der Waals surface area contributed by atoms with Crippen LogP contribution >= 0.6 is 0 Å². The molecule has 0 radical (unpaired) electrons. The molecule has 2 heteroatoms. The minimum Gasteiger partial charge on any atom is -0.381 e. The second kappa shape index (κ2) is 6.61. The summed E-state index contributed by atoms with van der Waals surface area (Å²) in [6.45, 7) is 6.99. The zero-order valence-electron chi connectivity index (χ0n) is 10.8. The third kappa shape index (κ3) is 3.46. The molecular weight excluding hydrogens is 198 g/mol. The Kier molecular flexibility index (Phi) is 5.11. The number of unbranched alkanes of at least 4 members (excludes halogenated alkanes) is 2. The first-order valence-electron chi connectivity index (χ1n) is 7.22. The average Bonchev–Trinajstić information content (AvgIpc) is 2.79. The number of nitrogens with zero attached hydrogens (tertiary/aromatic N) is 1. The van der Waals surface area contributed by atoms with E-state index in [1.807, 2.05) is 0 Å². The lowest BCUT2D eigenvalue weighted by molar-refractivity contribution is 0.0410. The molecule has 2 heterocycles. The van der Waals surface area contributed by atoms with E-state index in [9.17, 15) is 0 Å². The summed E-state index contributed by atoms with van der Waals surface area (Å²) in [4.78, 5) is 2.74. The predicted molar refractivity (Wildman–Crippen MR) is 67.7 cm³/mol. The molecule has 0 aromatic heterocycles. The summed E-state index contributed by atoms with van der Waals surface area (Å²) in [5, 5.41) is 0. The monoisotopic (exact) mass is 225 g/mol. The van der Waals surface area contributed by atoms with Crippen molar-refractivity contribution in [3.8, 4) is 0 Å². The highest BCUT2D eigenvalue weighted by atomic mass is 16.5. The Hall–Kier alpha value is -0.0800. The summed E-state index contributed by atoms with van der Waals surface area (Å²) in [7, 11) is 0. The van der Waals surface area contributed by atoms with Crippen molar-refractivity contribution in [2.45, 2.75) is 57.9 Å². The van der Waals surface area contributed by atoms with Crippen molar-refractivity contribution >= 4 is 0 Å². The van der Waals surface area contributed by atoms with Crippen molar-refractivity contribution in [2.75, 3.05) is 26.3 Å². The van der Waals surface area contributed by atoms with Gasteiger partial charge in [-0.2, -0.15) is 0 Å². The van der Waals surface area contributed by atoms with Crippen LogP contribution in [-0.4, -0.2) is 37.2 Å². The van der Waals surface area contributed by atoms with Gasteiger partial charge in [0.1, 0.15) is 0 Å². The van der Waals surface area contributed by atoms with Crippen molar-refractivity contribution < 1.29 is 4.74 Å². The van der Waals surface area contributed by atoms with Gasteiger partial charge in [0.05, 0.1) is 0 Å². The summed E-state index contributed by atoms with van der Waals surface area (Å²) < 4.78 is 5.44. The summed E-state index contributed by atoms with van der Waals surface area (Å²) in [6, 6.07) is 0.838. The van der Waals surface area contributed by atoms with Crippen molar-refractivity contribution in [1.29, 1.82) is 0 Å². The van der Waals surface area contributed by atoms with E-state index in [2.05, 4.69) is 11.8 Å². The van der Waals surface area contributed by atoms with Crippen LogP contribution in [0.2, 0.25) is 0 Å². The molecule has 2 nitrogen and oxygen atoms in total. The van der Waals surface area contributed by atoms with E-state index < -0.39 is 0 Å². The molecule has 2 rings (SSSR count). The van der Waals surface area contributed by atoms with Gasteiger partial charge >= 0.3 is 0 Å². The molecule has 0 aliphatic carbocycles. The van der Waals surface area contributed by atoms with Gasteiger partial charge in [-0.05, 0) is 38.1 Å². The minimum absolute atomic E-state index is 0.838. The molecule has 94 valence electrons. The lowest BCUT2D eigenvalue weighted by atomic mass is 10.0. The number of hydrogen-bond acceptors (Lipinski definition) is 2. The highest BCUT2D eigenvalue weighted by Crippen LogP contribution is 2.26. The van der Waals surface area contributed by atoms with Gasteiger partial charge < -0.3 is 4.74 Å². The van der Waals surface area contributed by atoms with Crippen LogP contribution in [0.4, 0.5) is 0 Å². The summed E-state index contributed by atoms with van der Waals surface area (Å²) in [5.41, 5.74) is 0. The molecule has 0 N–H and O–H groups in total. The molecule has 2 fully saturated rings. The van der Waals surface area contributed by atoms with Crippen LogP contribution in [0.1, 0.15) is 51.9 Å². The quantitative estimate of drug-likeness (QED) is 0.667. The maximum Gasteiger partial charge on any atom is 0.0480 e. The lowest BCUT2D eigenvalue weighted by Crippen LogP contribution is -2.37. The Morgan fingerprint density at radius 2 is 1.94 bits per heavy atom. The Morgan fingerprint density at radius 1 is 1.12 bits per heavy atom. The van der Waals surface area contributed by atoms with Gasteiger partial charge in [0.25, 0.3) is 0 Å². The second-order valence-corrected chi connectivity index (χ2v) is 5.49. The fourth-order valence-electron chi connectivity index (χ4n) is 3.16. The van der Waals surface area contributed by atoms with Gasteiger partial charge in [-0.15, -0.1) is 0 Å². The van der Waals surface area contributed by atoms with Crippen LogP contribution in [-0.2, 0) is 4.74 Å². The van der Waals surface area contributed by atoms with E-state index in [0.29, 0.717) is 0 Å². The van der Waals surface area contributed by atoms with Crippen LogP contribution in [0.5, 0.6) is 0 Å². The van der Waals surface area contributed by atoms with E-state index in [1.165, 1.54) is 58.0 Å². The van der Waals surface area contributed by atoms with Crippen LogP contribution in [0.3, 0.4) is 0 Å². The number of ether oxygens (including phenoxy) is 1. The Balaban J connectivity index is 1.66. The highest BCUT2D eigenvalue weighted by Gasteiger charge is 2.28. The van der Waals surface area contributed by atoms with Gasteiger partial charge in [-0.25, -0.2) is 0 Å². The molecule has 0 saturated carbocycles. The number of hydrogen-bond donors (Lipinski definition) is 0. The third-order valence-corrected chi connectivity index (χ3v) is 4.24. The zero-order valence-corrected chi connectivity index (χ0v) is 10.8. The van der Waals surface area contributed by atoms with Crippen LogP contribution in [0.15, 0.2) is 0 Å². The number of likely N-dealkylation sites (tertiary alicyclic amines) is 1. The first-order chi connectivity index (χ1) is 7.90. The second-order valence-electron chi connectivity index (χ2n) is 5.49. The topological polar surface area (TPSA) is 12.5 Å². The Morgan fingerprint density at radius 3 is 2.69 bits per heavy atom. The predicted octanol–water partition coefficient (Wildman–Crippen LogP) is 3.07. The van der Waals surface area contributed by atoms with E-state index in [0.717, 1.165) is 25.2 Å². The van der Waals surface area contributed by atoms with Gasteiger partial charge in [0.2, 0.25) is 0 Å². The fourth-order valence-corrected chi connectivity index (χ4v) is 3.16. The largest absolute Gasteiger partial charge is 0.381 e. The van der Waals surface area contributed by atoms with Gasteiger partial charge in [0.15, 0.2) is 0 Å². The number of rotatable bonds is 5. The SMILES string of the molecule is CCCCC[C@H]1CCN(C2CCOCC2)C1. The normalized spacial score (nSPS) is 28.7. The summed E-state index contributed by atoms with van der Waals surface area (Å²) in [6.07, 6.45) is 9.67. The maximum atomic E-state index is 5.44. The molecule has 1 atom stereocenters. The molecule has 2 saturated heterocycles. The molecule has 0 amide bonds. The molecule has 2 aliphatic heterocycles. The van der Waals surface area contributed by atoms with Gasteiger partial charge in [-0.3, -0.25) is 4.90 Å². The molecule has 0 aromatic carbocycles. The smallest absolute Gasteiger partial charge is 0.0480 e. The van der Waals surface area contributed by atoms with E-state index in [-0.39, 0.29) is 0 Å². The standard InChI is InChI=1S/C14H27NO/c1-2-3-4-5-13-6-9-15(12-13)14-7-10-16-11-8-14/h13-14H,2-12H2,1H3/t13-/m0/s1. The van der Waals surface area contributed by atoms with Crippen LogP contribution < -0.4 is 0 Å². The average molecular weight is 225 g/mol. The molecule has 16 heavy (non-hydrogen) atoms. The van der Waals surface area contributed by atoms with E-state index >= 15 is 0 Å². The van der Waals surface area contributed by atoms with Crippen molar-refractivity contribution in [3.05, 3.63) is 0 Å². The van der Waals surface area contributed by atoms with Crippen molar-refractivity contribution in [2.24, 2.45) is 5.92 Å². The lowest BCUT2D eigenvalue weighted by Gasteiger charge is -2.31. The summed E-state index contributed by atoms with van der Waals surface area (Å²) >= 11 is 0. The highest BCUT2D eigenvalue weighted by molar-refractivity contribution is 4.82. The molecular formula is C14H27NO. The molecule has 0 aromatic rings. The third-order valence-electron chi connectivity index (χ3n) is 4.24. The Bertz CT molecular complexity index is 189. The molecule has 0 spiro atoms. The van der Waals surface area contributed by atoms with Crippen molar-refractivity contribution in [3.63, 3.8) is 0 Å². The summed E-state index contributed by atoms with van der Waals surface area (Å²) in [5.74, 6) is 0.995. The molecule has 0 bridgehead atoms. The fraction of sp³-hybridized carbons (Fsp3) is 1.00. The van der Waals surface area contributed by atoms with E-state index in [4.69, 9.17) is 4.74 Å². The van der Waals surface area contributed by atoms with Gasteiger partial charge in [-0.1, -0.05) is 26.2 Å². The molecule has 2 aliphatic rings. The first-order valence-corrected chi connectivity index (χ1v) is 7.22. The van der Waals surface area contributed by atoms with Crippen LogP contribution in [0, 0.1) is 5.92 Å². The first kappa shape index (κ1) is 12.4. The van der Waals surface area contributed by atoms with Gasteiger partial charge in [0, 0.05) is 25.8 Å². The minimum atomic E-state index is 0.838. The molecule has 0 unspecified atom stereocenters. The van der Waals surface area contributed by atoms with E-state index in [1.54, 1.807) is 0 Å². The Labute approximate surface area is 100 Å². The zero-order chi connectivity index (χ0) is 11.2. The van der Waals surface area contributed by atoms with Crippen molar-refractivity contribution in [1.82, 2.24) is 4.90 Å².